The number of aromatic nitrogens is 1. The predicted molar refractivity (Wildman–Crippen MR) is 75.4 cm³/mol. The minimum absolute atomic E-state index is 0.0751. The van der Waals surface area contributed by atoms with Crippen molar-refractivity contribution in [2.24, 2.45) is 0 Å². The molecule has 1 aromatic heterocycles. The molecular formula is C15H15N3O2. The van der Waals surface area contributed by atoms with Crippen LogP contribution in [0.5, 0.6) is 5.75 Å². The molecule has 0 saturated carbocycles. The van der Waals surface area contributed by atoms with Crippen LogP contribution in [0.3, 0.4) is 0 Å². The Morgan fingerprint density at radius 3 is 3.00 bits per heavy atom. The highest BCUT2D eigenvalue weighted by Gasteiger charge is 2.24. The van der Waals surface area contributed by atoms with Crippen molar-refractivity contribution < 1.29 is 9.53 Å². The molecule has 1 aliphatic heterocycles. The van der Waals surface area contributed by atoms with Crippen LogP contribution < -0.4 is 15.8 Å². The Bertz CT molecular complexity index is 643. The molecule has 1 atom stereocenters. The van der Waals surface area contributed by atoms with Crippen LogP contribution in [0.2, 0.25) is 0 Å². The normalized spacial score (nSPS) is 16.9. The first-order chi connectivity index (χ1) is 9.75. The van der Waals surface area contributed by atoms with Gasteiger partial charge in [-0.3, -0.25) is 4.79 Å². The van der Waals surface area contributed by atoms with E-state index in [-0.39, 0.29) is 17.6 Å². The molecule has 3 N–H and O–H groups in total. The van der Waals surface area contributed by atoms with Crippen molar-refractivity contribution in [1.29, 1.82) is 0 Å². The second-order valence-electron chi connectivity index (χ2n) is 4.64. The van der Waals surface area contributed by atoms with Crippen molar-refractivity contribution in [1.82, 2.24) is 10.3 Å². The molecule has 1 aromatic carbocycles. The lowest BCUT2D eigenvalue weighted by molar-refractivity contribution is 0.0921. The number of pyridine rings is 1. The Balaban J connectivity index is 1.83. The summed E-state index contributed by atoms with van der Waals surface area (Å²) in [4.78, 5) is 16.3. The number of para-hydroxylation sites is 1. The van der Waals surface area contributed by atoms with Crippen molar-refractivity contribution in [3.8, 4) is 5.75 Å². The third-order valence-electron chi connectivity index (χ3n) is 3.32. The molecule has 0 saturated heterocycles. The first kappa shape index (κ1) is 12.5. The highest BCUT2D eigenvalue weighted by Crippen LogP contribution is 2.31. The molecule has 1 unspecified atom stereocenters. The third-order valence-corrected chi connectivity index (χ3v) is 3.32. The number of hydrogen-bond donors (Lipinski definition) is 2. The van der Waals surface area contributed by atoms with Crippen molar-refractivity contribution >= 4 is 11.6 Å². The number of ether oxygens (including phenoxy) is 1. The molecular weight excluding hydrogens is 254 g/mol. The van der Waals surface area contributed by atoms with Crippen LogP contribution in [-0.2, 0) is 0 Å². The third kappa shape index (κ3) is 2.30. The SMILES string of the molecule is Nc1cccnc1C(=O)NC1CCOc2ccccc21. The number of nitrogens with zero attached hydrogens (tertiary/aromatic N) is 1. The lowest BCUT2D eigenvalue weighted by atomic mass is 10.0. The number of carbonyl (C=O) groups excluding carboxylic acids is 1. The lowest BCUT2D eigenvalue weighted by Gasteiger charge is -2.26. The summed E-state index contributed by atoms with van der Waals surface area (Å²) in [5.41, 5.74) is 7.40. The van der Waals surface area contributed by atoms with E-state index in [4.69, 9.17) is 10.5 Å². The van der Waals surface area contributed by atoms with Gasteiger partial charge in [-0.15, -0.1) is 0 Å². The highest BCUT2D eigenvalue weighted by molar-refractivity contribution is 5.97. The topological polar surface area (TPSA) is 77.2 Å². The molecule has 0 aliphatic carbocycles. The van der Waals surface area contributed by atoms with Gasteiger partial charge in [-0.05, 0) is 18.2 Å². The predicted octanol–water partition coefficient (Wildman–Crippen LogP) is 1.92. The van der Waals surface area contributed by atoms with Gasteiger partial charge in [0, 0.05) is 18.2 Å². The number of nitrogens with two attached hydrogens (primary N) is 1. The first-order valence-electron chi connectivity index (χ1n) is 6.49. The van der Waals surface area contributed by atoms with Crippen LogP contribution in [0.25, 0.3) is 0 Å². The van der Waals surface area contributed by atoms with E-state index in [0.717, 1.165) is 17.7 Å². The molecule has 0 fully saturated rings. The number of carbonyl (C=O) groups is 1. The molecule has 20 heavy (non-hydrogen) atoms. The Hall–Kier alpha value is -2.56. The fraction of sp³-hybridized carbons (Fsp3) is 0.200. The van der Waals surface area contributed by atoms with Crippen molar-refractivity contribution in [2.75, 3.05) is 12.3 Å². The number of nitrogens with one attached hydrogen (secondary N) is 1. The van der Waals surface area contributed by atoms with E-state index in [2.05, 4.69) is 10.3 Å². The largest absolute Gasteiger partial charge is 0.493 e. The Kier molecular flexibility index (Phi) is 3.25. The fourth-order valence-electron chi connectivity index (χ4n) is 2.33. The van der Waals surface area contributed by atoms with Gasteiger partial charge in [0.1, 0.15) is 5.75 Å². The van der Waals surface area contributed by atoms with Gasteiger partial charge < -0.3 is 15.8 Å². The zero-order valence-electron chi connectivity index (χ0n) is 10.9. The van der Waals surface area contributed by atoms with Crippen LogP contribution >= 0.6 is 0 Å². The molecule has 1 aliphatic rings. The maximum Gasteiger partial charge on any atom is 0.272 e. The van der Waals surface area contributed by atoms with Gasteiger partial charge in [0.05, 0.1) is 18.3 Å². The lowest BCUT2D eigenvalue weighted by Crippen LogP contribution is -2.33. The Morgan fingerprint density at radius 1 is 1.30 bits per heavy atom. The zero-order chi connectivity index (χ0) is 13.9. The molecule has 0 radical (unpaired) electrons. The summed E-state index contributed by atoms with van der Waals surface area (Å²) in [5.74, 6) is 0.558. The van der Waals surface area contributed by atoms with Crippen molar-refractivity contribution in [3.05, 3.63) is 53.9 Å². The molecule has 5 nitrogen and oxygen atoms in total. The van der Waals surface area contributed by atoms with Gasteiger partial charge >= 0.3 is 0 Å². The number of rotatable bonds is 2. The van der Waals surface area contributed by atoms with E-state index in [0.29, 0.717) is 12.3 Å². The average molecular weight is 269 g/mol. The Labute approximate surface area is 116 Å². The van der Waals surface area contributed by atoms with Gasteiger partial charge in [-0.25, -0.2) is 4.98 Å². The molecule has 5 heteroatoms. The minimum atomic E-state index is -0.259. The summed E-state index contributed by atoms with van der Waals surface area (Å²) < 4.78 is 5.57. The Morgan fingerprint density at radius 2 is 2.15 bits per heavy atom. The van der Waals surface area contributed by atoms with Crippen molar-refractivity contribution in [2.45, 2.75) is 12.5 Å². The second kappa shape index (κ2) is 5.21. The second-order valence-corrected chi connectivity index (χ2v) is 4.64. The average Bonchev–Trinajstić information content (AvgIpc) is 2.48. The molecule has 2 heterocycles. The molecule has 102 valence electrons. The summed E-state index contributed by atoms with van der Waals surface area (Å²) in [6.45, 7) is 0.583. The van der Waals surface area contributed by atoms with Gasteiger partial charge in [0.25, 0.3) is 5.91 Å². The standard InChI is InChI=1S/C15H15N3O2/c16-11-5-3-8-17-14(11)15(19)18-12-7-9-20-13-6-2-1-4-10(12)13/h1-6,8,12H,7,9,16H2,(H,18,19). The van der Waals surface area contributed by atoms with Gasteiger partial charge in [-0.2, -0.15) is 0 Å². The maximum atomic E-state index is 12.2. The highest BCUT2D eigenvalue weighted by atomic mass is 16.5. The number of amides is 1. The smallest absolute Gasteiger partial charge is 0.272 e. The van der Waals surface area contributed by atoms with Gasteiger partial charge in [-0.1, -0.05) is 18.2 Å². The van der Waals surface area contributed by atoms with E-state index in [1.54, 1.807) is 18.3 Å². The summed E-state index contributed by atoms with van der Waals surface area (Å²) in [5, 5.41) is 2.97. The van der Waals surface area contributed by atoms with Crippen LogP contribution in [0.1, 0.15) is 28.5 Å². The number of hydrogen-bond acceptors (Lipinski definition) is 4. The maximum absolute atomic E-state index is 12.2. The van der Waals surface area contributed by atoms with Crippen LogP contribution in [0, 0.1) is 0 Å². The monoisotopic (exact) mass is 269 g/mol. The zero-order valence-corrected chi connectivity index (χ0v) is 10.9. The van der Waals surface area contributed by atoms with E-state index in [1.807, 2.05) is 24.3 Å². The molecule has 0 spiro atoms. The van der Waals surface area contributed by atoms with Crippen LogP contribution in [-0.4, -0.2) is 17.5 Å². The first-order valence-corrected chi connectivity index (χ1v) is 6.49. The summed E-state index contributed by atoms with van der Waals surface area (Å²) in [6, 6.07) is 11.0. The molecule has 3 rings (SSSR count). The summed E-state index contributed by atoms with van der Waals surface area (Å²) in [6.07, 6.45) is 2.29. The molecule has 0 bridgehead atoms. The number of anilines is 1. The fourth-order valence-corrected chi connectivity index (χ4v) is 2.33. The van der Waals surface area contributed by atoms with E-state index >= 15 is 0 Å². The molecule has 2 aromatic rings. The summed E-state index contributed by atoms with van der Waals surface area (Å²) >= 11 is 0. The van der Waals surface area contributed by atoms with Crippen LogP contribution in [0.15, 0.2) is 42.6 Å². The van der Waals surface area contributed by atoms with Gasteiger partial charge in [0.15, 0.2) is 5.69 Å². The molecule has 1 amide bonds. The van der Waals surface area contributed by atoms with Crippen LogP contribution in [0.4, 0.5) is 5.69 Å². The van der Waals surface area contributed by atoms with E-state index in [9.17, 15) is 4.79 Å². The number of nitrogen functional groups attached to an aromatic ring is 1. The number of fused-ring (bicyclic) bond motifs is 1. The number of benzene rings is 1. The summed E-state index contributed by atoms with van der Waals surface area (Å²) in [7, 11) is 0. The minimum Gasteiger partial charge on any atom is -0.493 e. The van der Waals surface area contributed by atoms with Gasteiger partial charge in [0.2, 0.25) is 0 Å². The van der Waals surface area contributed by atoms with E-state index in [1.165, 1.54) is 0 Å². The quantitative estimate of drug-likeness (QED) is 0.873. The van der Waals surface area contributed by atoms with E-state index < -0.39 is 0 Å². The van der Waals surface area contributed by atoms with Crippen molar-refractivity contribution in [3.63, 3.8) is 0 Å².